The van der Waals surface area contributed by atoms with Gasteiger partial charge >= 0.3 is 131 Å². The Labute approximate surface area is 130 Å². The van der Waals surface area contributed by atoms with Crippen LogP contribution in [0.4, 0.5) is 16.1 Å². The molecule has 0 bridgehead atoms. The molecule has 104 valence electrons. The molecule has 4 rings (SSSR count). The van der Waals surface area contributed by atoms with E-state index in [4.69, 9.17) is 4.98 Å². The number of para-hydroxylation sites is 1. The normalized spacial score (nSPS) is 16.5. The van der Waals surface area contributed by atoms with Gasteiger partial charge < -0.3 is 0 Å². The van der Waals surface area contributed by atoms with Crippen molar-refractivity contribution in [2.75, 3.05) is 4.90 Å². The summed E-state index contributed by atoms with van der Waals surface area (Å²) in [5.41, 5.74) is 5.23. The number of fused-ring (bicyclic) bond motifs is 2. The van der Waals surface area contributed by atoms with Crippen molar-refractivity contribution in [3.63, 3.8) is 0 Å². The third kappa shape index (κ3) is 1.96. The average Bonchev–Trinajstić information content (AvgIpc) is 3.02. The molecule has 1 atom stereocenters. The summed E-state index contributed by atoms with van der Waals surface area (Å²) in [7, 11) is 0. The Morgan fingerprint density at radius 1 is 1.10 bits per heavy atom. The minimum atomic E-state index is 0.386. The number of hydrogen-bond donors (Lipinski definition) is 0. The van der Waals surface area contributed by atoms with Gasteiger partial charge in [0, 0.05) is 0 Å². The molecule has 0 radical (unpaired) electrons. The molecular formula is C18H16N2Se. The molecule has 1 aromatic carbocycles. The number of aryl methyl sites for hydroxylation is 1. The monoisotopic (exact) mass is 340 g/mol. The van der Waals surface area contributed by atoms with E-state index in [1.807, 2.05) is 6.20 Å². The summed E-state index contributed by atoms with van der Waals surface area (Å²) >= 11 is 0.386. The molecule has 3 aromatic rings. The van der Waals surface area contributed by atoms with Crippen LogP contribution in [0.2, 0.25) is 0 Å². The van der Waals surface area contributed by atoms with Gasteiger partial charge in [0.1, 0.15) is 0 Å². The van der Waals surface area contributed by atoms with Crippen LogP contribution in [0.5, 0.6) is 0 Å². The van der Waals surface area contributed by atoms with E-state index in [1.165, 1.54) is 26.9 Å². The van der Waals surface area contributed by atoms with Gasteiger partial charge in [-0.3, -0.25) is 0 Å². The van der Waals surface area contributed by atoms with E-state index in [0.29, 0.717) is 20.4 Å². The van der Waals surface area contributed by atoms with Crippen molar-refractivity contribution in [2.24, 2.45) is 0 Å². The Hall–Kier alpha value is -1.83. The summed E-state index contributed by atoms with van der Waals surface area (Å²) in [5.74, 6) is 1.49. The van der Waals surface area contributed by atoms with E-state index in [1.54, 1.807) is 0 Å². The van der Waals surface area contributed by atoms with E-state index in [9.17, 15) is 0 Å². The Balaban J connectivity index is 2.02. The SMILES string of the molecule is Cc1cnc2c(c1)C(C)c1ccccc1N2c1ccc[se]1. The predicted octanol–water partition coefficient (Wildman–Crippen LogP) is 4.38. The maximum atomic E-state index is 4.76. The van der Waals surface area contributed by atoms with Gasteiger partial charge in [0.2, 0.25) is 0 Å². The summed E-state index contributed by atoms with van der Waals surface area (Å²) in [5, 5.41) is 0. The van der Waals surface area contributed by atoms with Crippen LogP contribution < -0.4 is 4.90 Å². The zero-order valence-electron chi connectivity index (χ0n) is 12.1. The number of hydrogen-bond acceptors (Lipinski definition) is 2. The first-order valence-electron chi connectivity index (χ1n) is 7.15. The molecule has 0 aliphatic carbocycles. The maximum absolute atomic E-state index is 4.76. The second kappa shape index (κ2) is 4.87. The van der Waals surface area contributed by atoms with Crippen LogP contribution in [0.25, 0.3) is 0 Å². The van der Waals surface area contributed by atoms with Crippen LogP contribution in [0.15, 0.2) is 53.6 Å². The first kappa shape index (κ1) is 12.9. The van der Waals surface area contributed by atoms with Crippen LogP contribution in [0, 0.1) is 6.92 Å². The Morgan fingerprint density at radius 2 is 1.95 bits per heavy atom. The molecule has 3 heteroatoms. The van der Waals surface area contributed by atoms with Gasteiger partial charge in [-0.15, -0.1) is 0 Å². The van der Waals surface area contributed by atoms with Gasteiger partial charge in [-0.2, -0.15) is 0 Å². The number of benzene rings is 1. The molecule has 0 amide bonds. The molecule has 2 aromatic heterocycles. The van der Waals surface area contributed by atoms with Crippen LogP contribution in [0.1, 0.15) is 29.5 Å². The first-order valence-corrected chi connectivity index (χ1v) is 8.99. The van der Waals surface area contributed by atoms with Crippen LogP contribution >= 0.6 is 0 Å². The van der Waals surface area contributed by atoms with Crippen LogP contribution in [0.3, 0.4) is 0 Å². The molecule has 1 unspecified atom stereocenters. The van der Waals surface area contributed by atoms with Gasteiger partial charge in [-0.05, 0) is 0 Å². The third-order valence-electron chi connectivity index (χ3n) is 4.08. The molecule has 1 aliphatic heterocycles. The second-order valence-corrected chi connectivity index (χ2v) is 7.44. The molecule has 1 aliphatic rings. The molecule has 2 nitrogen and oxygen atoms in total. The van der Waals surface area contributed by atoms with Crippen molar-refractivity contribution in [3.8, 4) is 0 Å². The van der Waals surface area contributed by atoms with Crippen molar-refractivity contribution in [1.82, 2.24) is 4.98 Å². The van der Waals surface area contributed by atoms with Crippen molar-refractivity contribution in [3.05, 3.63) is 70.3 Å². The number of nitrogens with zero attached hydrogens (tertiary/aromatic N) is 2. The summed E-state index contributed by atoms with van der Waals surface area (Å²) < 4.78 is 1.36. The molecule has 0 saturated carbocycles. The third-order valence-corrected chi connectivity index (χ3v) is 5.87. The minimum absolute atomic E-state index is 0.386. The fourth-order valence-corrected chi connectivity index (χ4v) is 4.61. The van der Waals surface area contributed by atoms with Gasteiger partial charge in [0.25, 0.3) is 0 Å². The molecule has 3 heterocycles. The molecule has 0 fully saturated rings. The van der Waals surface area contributed by atoms with E-state index >= 15 is 0 Å². The van der Waals surface area contributed by atoms with E-state index < -0.39 is 0 Å². The standard InChI is InChI=1S/C18H16N2Se/c1-12-10-15-13(2)14-6-3-4-7-16(14)20(18(15)19-11-12)17-8-5-9-21-17/h3-11,13H,1-2H3. The molecule has 0 saturated heterocycles. The van der Waals surface area contributed by atoms with Gasteiger partial charge in [-0.25, -0.2) is 0 Å². The molecular weight excluding hydrogens is 323 g/mol. The fraction of sp³-hybridized carbons (Fsp3) is 0.167. The van der Waals surface area contributed by atoms with E-state index in [0.717, 1.165) is 5.82 Å². The van der Waals surface area contributed by atoms with Crippen LogP contribution in [-0.2, 0) is 0 Å². The summed E-state index contributed by atoms with van der Waals surface area (Å²) in [4.78, 5) is 9.37. The Morgan fingerprint density at radius 3 is 2.76 bits per heavy atom. The number of pyridine rings is 1. The van der Waals surface area contributed by atoms with Crippen molar-refractivity contribution in [1.29, 1.82) is 0 Å². The van der Waals surface area contributed by atoms with Crippen LogP contribution in [-0.4, -0.2) is 19.5 Å². The summed E-state index contributed by atoms with van der Waals surface area (Å²) in [6.07, 6.45) is 1.97. The zero-order valence-corrected chi connectivity index (χ0v) is 13.8. The number of anilines is 3. The molecule has 21 heavy (non-hydrogen) atoms. The quantitative estimate of drug-likeness (QED) is 0.612. The number of aromatic nitrogens is 1. The fourth-order valence-electron chi connectivity index (χ4n) is 3.05. The predicted molar refractivity (Wildman–Crippen MR) is 88.1 cm³/mol. The summed E-state index contributed by atoms with van der Waals surface area (Å²) in [6, 6.07) is 15.4. The first-order chi connectivity index (χ1) is 10.3. The molecule has 0 N–H and O–H groups in total. The average molecular weight is 339 g/mol. The van der Waals surface area contributed by atoms with E-state index in [2.05, 4.69) is 66.2 Å². The van der Waals surface area contributed by atoms with E-state index in [-0.39, 0.29) is 0 Å². The van der Waals surface area contributed by atoms with Gasteiger partial charge in [0.15, 0.2) is 0 Å². The Bertz CT molecular complexity index is 793. The number of rotatable bonds is 1. The van der Waals surface area contributed by atoms with Gasteiger partial charge in [0.05, 0.1) is 0 Å². The topological polar surface area (TPSA) is 16.1 Å². The van der Waals surface area contributed by atoms with Crippen molar-refractivity contribution < 1.29 is 0 Å². The zero-order chi connectivity index (χ0) is 14.4. The summed E-state index contributed by atoms with van der Waals surface area (Å²) in [6.45, 7) is 4.40. The van der Waals surface area contributed by atoms with Crippen molar-refractivity contribution in [2.45, 2.75) is 19.8 Å². The van der Waals surface area contributed by atoms with Crippen molar-refractivity contribution >= 4 is 30.6 Å². The molecule has 0 spiro atoms. The van der Waals surface area contributed by atoms with Gasteiger partial charge in [-0.1, -0.05) is 0 Å². The Kier molecular flexibility index (Phi) is 2.99. The second-order valence-electron chi connectivity index (χ2n) is 5.49.